The molecule has 0 radical (unpaired) electrons. The lowest BCUT2D eigenvalue weighted by Crippen LogP contribution is -2.75. The van der Waals surface area contributed by atoms with Gasteiger partial charge in [-0.15, -0.1) is 0 Å². The van der Waals surface area contributed by atoms with Crippen LogP contribution in [0.2, 0.25) is 0 Å². The highest BCUT2D eigenvalue weighted by molar-refractivity contribution is 5.88. The molecule has 0 aromatic rings. The number of hydrogen-bond donors (Lipinski definition) is 3. The van der Waals surface area contributed by atoms with Crippen LogP contribution < -0.4 is 16.4 Å². The lowest BCUT2D eigenvalue weighted by atomic mass is 9.54. The molecule has 1 aliphatic carbocycles. The van der Waals surface area contributed by atoms with Gasteiger partial charge >= 0.3 is 0 Å². The summed E-state index contributed by atoms with van der Waals surface area (Å²) in [6.45, 7) is 10.9. The molecule has 21 heavy (non-hydrogen) atoms. The number of rotatable bonds is 7. The molecule has 2 unspecified atom stereocenters. The normalized spacial score (nSPS) is 27.1. The van der Waals surface area contributed by atoms with Crippen LogP contribution in [-0.4, -0.2) is 43.2 Å². The smallest absolute Gasteiger partial charge is 0.240 e. The first kappa shape index (κ1) is 17.9. The van der Waals surface area contributed by atoms with Crippen LogP contribution in [0.15, 0.2) is 0 Å². The Hall–Kier alpha value is -1.14. The second-order valence-electron chi connectivity index (χ2n) is 6.54. The van der Waals surface area contributed by atoms with Gasteiger partial charge in [-0.2, -0.15) is 0 Å². The zero-order chi connectivity index (χ0) is 16.3. The quantitative estimate of drug-likeness (QED) is 0.593. The molecule has 0 aromatic heterocycles. The fourth-order valence-electron chi connectivity index (χ4n) is 2.54. The lowest BCUT2D eigenvalue weighted by molar-refractivity contribution is -0.170. The summed E-state index contributed by atoms with van der Waals surface area (Å²) < 4.78 is 5.61. The number of ether oxygens (including phenoxy) is 1. The van der Waals surface area contributed by atoms with Crippen molar-refractivity contribution in [3.8, 4) is 0 Å². The van der Waals surface area contributed by atoms with Gasteiger partial charge in [0, 0.05) is 37.5 Å². The van der Waals surface area contributed by atoms with Crippen LogP contribution in [0.3, 0.4) is 0 Å². The predicted molar refractivity (Wildman–Crippen MR) is 81.6 cm³/mol. The third kappa shape index (κ3) is 3.55. The summed E-state index contributed by atoms with van der Waals surface area (Å²) in [5, 5.41) is 5.56. The minimum atomic E-state index is -0.908. The average molecular weight is 299 g/mol. The summed E-state index contributed by atoms with van der Waals surface area (Å²) in [5.41, 5.74) is 4.95. The van der Waals surface area contributed by atoms with E-state index in [0.29, 0.717) is 26.1 Å². The summed E-state index contributed by atoms with van der Waals surface area (Å²) in [5.74, 6) is -0.256. The average Bonchev–Trinajstić information content (AvgIpc) is 2.42. The monoisotopic (exact) mass is 299 g/mol. The van der Waals surface area contributed by atoms with Gasteiger partial charge < -0.3 is 21.1 Å². The van der Waals surface area contributed by atoms with Crippen LogP contribution >= 0.6 is 0 Å². The fraction of sp³-hybridized carbons (Fsp3) is 0.867. The maximum absolute atomic E-state index is 12.3. The van der Waals surface area contributed by atoms with Gasteiger partial charge in [0.25, 0.3) is 0 Å². The Morgan fingerprint density at radius 2 is 1.86 bits per heavy atom. The molecule has 6 nitrogen and oxygen atoms in total. The van der Waals surface area contributed by atoms with Crippen LogP contribution in [0.5, 0.6) is 0 Å². The van der Waals surface area contributed by atoms with E-state index >= 15 is 0 Å². The number of hydrogen-bond acceptors (Lipinski definition) is 4. The largest absolute Gasteiger partial charge is 0.378 e. The van der Waals surface area contributed by atoms with Gasteiger partial charge in [-0.05, 0) is 6.92 Å². The molecule has 2 atom stereocenters. The maximum Gasteiger partial charge on any atom is 0.240 e. The zero-order valence-corrected chi connectivity index (χ0v) is 13.8. The molecule has 0 bridgehead atoms. The summed E-state index contributed by atoms with van der Waals surface area (Å²) in [4.78, 5) is 23.7. The second kappa shape index (κ2) is 6.75. The summed E-state index contributed by atoms with van der Waals surface area (Å²) in [7, 11) is 0. The van der Waals surface area contributed by atoms with E-state index < -0.39 is 11.0 Å². The van der Waals surface area contributed by atoms with Crippen molar-refractivity contribution in [2.24, 2.45) is 17.1 Å². The second-order valence-corrected chi connectivity index (χ2v) is 6.54. The van der Waals surface area contributed by atoms with Crippen molar-refractivity contribution in [1.82, 2.24) is 10.6 Å². The van der Waals surface area contributed by atoms with Gasteiger partial charge in [0.05, 0.1) is 6.10 Å². The molecule has 1 rings (SSSR count). The third-order valence-corrected chi connectivity index (χ3v) is 4.47. The predicted octanol–water partition coefficient (Wildman–Crippen LogP) is 0.407. The van der Waals surface area contributed by atoms with Gasteiger partial charge in [0.1, 0.15) is 5.54 Å². The zero-order valence-electron chi connectivity index (χ0n) is 13.8. The molecule has 6 heteroatoms. The highest BCUT2D eigenvalue weighted by Gasteiger charge is 2.62. The minimum absolute atomic E-state index is 0.0129. The van der Waals surface area contributed by atoms with Gasteiger partial charge in [-0.25, -0.2) is 0 Å². The third-order valence-electron chi connectivity index (χ3n) is 4.47. The highest BCUT2D eigenvalue weighted by atomic mass is 16.5. The first-order valence-electron chi connectivity index (χ1n) is 7.63. The standard InChI is InChI=1S/C15H29N3O3/c1-6-21-11-9-15(16,14(11,4)5)13(20)18-8-7-17-12(19)10(2)3/h10-11H,6-9,16H2,1-5H3,(H,17,19)(H,18,20). The van der Waals surface area contributed by atoms with Crippen LogP contribution in [0, 0.1) is 11.3 Å². The van der Waals surface area contributed by atoms with E-state index in [2.05, 4.69) is 10.6 Å². The van der Waals surface area contributed by atoms with Crippen LogP contribution in [-0.2, 0) is 14.3 Å². The van der Waals surface area contributed by atoms with E-state index in [0.717, 1.165) is 0 Å². The van der Waals surface area contributed by atoms with Crippen molar-refractivity contribution in [1.29, 1.82) is 0 Å². The lowest BCUT2D eigenvalue weighted by Gasteiger charge is -2.57. The molecule has 1 aliphatic rings. The summed E-state index contributed by atoms with van der Waals surface area (Å²) in [6, 6.07) is 0. The molecule has 2 amide bonds. The first-order chi connectivity index (χ1) is 9.66. The Kier molecular flexibility index (Phi) is 5.75. The Morgan fingerprint density at radius 1 is 1.29 bits per heavy atom. The van der Waals surface area contributed by atoms with Crippen molar-refractivity contribution >= 4 is 11.8 Å². The molecular weight excluding hydrogens is 270 g/mol. The van der Waals surface area contributed by atoms with Crippen molar-refractivity contribution in [3.05, 3.63) is 0 Å². The molecule has 122 valence electrons. The van der Waals surface area contributed by atoms with E-state index in [4.69, 9.17) is 10.5 Å². The number of carbonyl (C=O) groups excluding carboxylic acids is 2. The molecule has 4 N–H and O–H groups in total. The molecule has 0 spiro atoms. The van der Waals surface area contributed by atoms with Crippen LogP contribution in [0.25, 0.3) is 0 Å². The van der Waals surface area contributed by atoms with E-state index in [1.54, 1.807) is 0 Å². The van der Waals surface area contributed by atoms with Crippen LogP contribution in [0.1, 0.15) is 41.0 Å². The van der Waals surface area contributed by atoms with Gasteiger partial charge in [-0.1, -0.05) is 27.7 Å². The van der Waals surface area contributed by atoms with E-state index in [9.17, 15) is 9.59 Å². The molecule has 0 saturated heterocycles. The van der Waals surface area contributed by atoms with Crippen molar-refractivity contribution in [2.45, 2.75) is 52.7 Å². The number of nitrogens with two attached hydrogens (primary N) is 1. The Bertz CT molecular complexity index is 396. The molecule has 1 saturated carbocycles. The summed E-state index contributed by atoms with van der Waals surface area (Å²) in [6.07, 6.45) is 0.539. The molecule has 0 heterocycles. The molecule has 0 aliphatic heterocycles. The van der Waals surface area contributed by atoms with E-state index in [-0.39, 0.29) is 23.8 Å². The minimum Gasteiger partial charge on any atom is -0.378 e. The van der Waals surface area contributed by atoms with E-state index in [1.807, 2.05) is 34.6 Å². The van der Waals surface area contributed by atoms with Gasteiger partial charge in [0.2, 0.25) is 11.8 Å². The molecular formula is C15H29N3O3. The van der Waals surface area contributed by atoms with E-state index in [1.165, 1.54) is 0 Å². The molecule has 0 aromatic carbocycles. The van der Waals surface area contributed by atoms with Crippen molar-refractivity contribution in [3.63, 3.8) is 0 Å². The van der Waals surface area contributed by atoms with Gasteiger partial charge in [0.15, 0.2) is 0 Å². The molecule has 1 fully saturated rings. The Morgan fingerprint density at radius 3 is 2.33 bits per heavy atom. The fourth-order valence-corrected chi connectivity index (χ4v) is 2.54. The van der Waals surface area contributed by atoms with Crippen molar-refractivity contribution < 1.29 is 14.3 Å². The van der Waals surface area contributed by atoms with Gasteiger partial charge in [-0.3, -0.25) is 9.59 Å². The number of amides is 2. The number of carbonyl (C=O) groups is 2. The number of nitrogens with one attached hydrogen (secondary N) is 2. The topological polar surface area (TPSA) is 93.4 Å². The van der Waals surface area contributed by atoms with Crippen LogP contribution in [0.4, 0.5) is 0 Å². The summed E-state index contributed by atoms with van der Waals surface area (Å²) >= 11 is 0. The highest BCUT2D eigenvalue weighted by Crippen LogP contribution is 2.49. The Balaban J connectivity index is 2.41. The SMILES string of the molecule is CCOC1CC(N)(C(=O)NCCNC(=O)C(C)C)C1(C)C. The van der Waals surface area contributed by atoms with Crippen molar-refractivity contribution in [2.75, 3.05) is 19.7 Å². The first-order valence-corrected chi connectivity index (χ1v) is 7.63. The Labute approximate surface area is 127 Å². The maximum atomic E-state index is 12.3.